The van der Waals surface area contributed by atoms with Crippen LogP contribution in [0.15, 0.2) is 70.6 Å². The first-order chi connectivity index (χ1) is 15.4. The second-order valence-corrected chi connectivity index (χ2v) is 9.24. The topological polar surface area (TPSA) is 100 Å². The number of aliphatic imine (C=N–C) groups is 2. The fourth-order valence-electron chi connectivity index (χ4n) is 3.21. The zero-order valence-electron chi connectivity index (χ0n) is 18.1. The molecule has 0 saturated heterocycles. The van der Waals surface area contributed by atoms with Gasteiger partial charge >= 0.3 is 22.6 Å². The predicted octanol–water partition coefficient (Wildman–Crippen LogP) is 4.40. The third-order valence-electron chi connectivity index (χ3n) is 5.02. The van der Waals surface area contributed by atoms with Crippen LogP contribution in [0.4, 0.5) is 13.2 Å². The fraction of sp³-hybridized carbons (Fsp3) is 0.364. The Bertz CT molecular complexity index is 1060. The van der Waals surface area contributed by atoms with Gasteiger partial charge < -0.3 is 14.0 Å². The average molecular weight is 547 g/mol. The van der Waals surface area contributed by atoms with Crippen molar-refractivity contribution in [3.63, 3.8) is 0 Å². The van der Waals surface area contributed by atoms with E-state index in [2.05, 4.69) is 38.1 Å². The van der Waals surface area contributed by atoms with Crippen molar-refractivity contribution in [1.29, 1.82) is 0 Å². The Morgan fingerprint density at radius 3 is 1.44 bits per heavy atom. The van der Waals surface area contributed by atoms with Gasteiger partial charge in [-0.15, -0.1) is 0 Å². The summed E-state index contributed by atoms with van der Waals surface area (Å²) in [4.78, 5) is 9.61. The summed E-state index contributed by atoms with van der Waals surface area (Å²) in [5.41, 5.74) is -3.77. The minimum atomic E-state index is -6.09. The maximum Gasteiger partial charge on any atom is 1.00 e. The van der Waals surface area contributed by atoms with Gasteiger partial charge in [-0.3, -0.25) is 0 Å². The average Bonchev–Trinajstić information content (AvgIpc) is 3.45. The largest absolute Gasteiger partial charge is 1.00 e. The molecule has 0 spiro atoms. The van der Waals surface area contributed by atoms with E-state index in [1.165, 1.54) is 11.1 Å². The molecular formula is C22H22CuF3N2O5S. The van der Waals surface area contributed by atoms with Crippen molar-refractivity contribution in [1.82, 2.24) is 0 Å². The SMILES string of the molecule is CC(C)(C1=N[C@@H](c2ccccc2)CO1)C1=N[C@@H](c2ccccc2)CO1.O=S(=O)([O-])C(F)(F)F.[Cu+]. The first-order valence-electron chi connectivity index (χ1n) is 9.94. The first-order valence-corrected chi connectivity index (χ1v) is 11.3. The van der Waals surface area contributed by atoms with E-state index in [0.717, 1.165) is 0 Å². The number of benzene rings is 2. The molecule has 2 aliphatic heterocycles. The molecule has 0 fully saturated rings. The van der Waals surface area contributed by atoms with Crippen molar-refractivity contribution in [3.8, 4) is 0 Å². The second kappa shape index (κ2) is 10.9. The number of nitrogens with zero attached hydrogens (tertiary/aromatic N) is 2. The molecule has 0 aromatic heterocycles. The molecule has 12 heteroatoms. The summed E-state index contributed by atoms with van der Waals surface area (Å²) in [6, 6.07) is 20.6. The van der Waals surface area contributed by atoms with Crippen LogP contribution in [0.3, 0.4) is 0 Å². The normalized spacial score (nSPS) is 20.1. The number of rotatable bonds is 4. The molecule has 0 N–H and O–H groups in total. The summed E-state index contributed by atoms with van der Waals surface area (Å²) < 4.78 is 70.8. The van der Waals surface area contributed by atoms with Gasteiger partial charge in [-0.2, -0.15) is 13.2 Å². The molecule has 0 aliphatic carbocycles. The summed E-state index contributed by atoms with van der Waals surface area (Å²) in [5, 5.41) is 0. The van der Waals surface area contributed by atoms with E-state index in [4.69, 9.17) is 32.4 Å². The Hall–Kier alpha value is -2.40. The molecule has 2 aliphatic rings. The molecule has 4 rings (SSSR count). The van der Waals surface area contributed by atoms with Crippen molar-refractivity contribution in [3.05, 3.63) is 71.8 Å². The molecule has 0 unspecified atom stereocenters. The number of halogens is 3. The third kappa shape index (κ3) is 6.59. The maximum absolute atomic E-state index is 10.7. The van der Waals surface area contributed by atoms with Crippen LogP contribution in [0.5, 0.6) is 0 Å². The van der Waals surface area contributed by atoms with Gasteiger partial charge in [0.1, 0.15) is 30.7 Å². The molecule has 0 radical (unpaired) electrons. The Labute approximate surface area is 206 Å². The summed E-state index contributed by atoms with van der Waals surface area (Å²) in [7, 11) is -6.09. The second-order valence-electron chi connectivity index (χ2n) is 7.87. The third-order valence-corrected chi connectivity index (χ3v) is 5.59. The van der Waals surface area contributed by atoms with E-state index in [9.17, 15) is 13.2 Å². The molecule has 2 aromatic rings. The quantitative estimate of drug-likeness (QED) is 0.321. The summed E-state index contributed by atoms with van der Waals surface area (Å²) in [6.45, 7) is 5.26. The Balaban J connectivity index is 0.000000394. The van der Waals surface area contributed by atoms with Gasteiger partial charge in [0.05, 0.1) is 0 Å². The smallest absolute Gasteiger partial charge is 0.741 e. The molecule has 7 nitrogen and oxygen atoms in total. The van der Waals surface area contributed by atoms with Gasteiger partial charge in [-0.05, 0) is 25.0 Å². The van der Waals surface area contributed by atoms with Gasteiger partial charge in [0, 0.05) is 0 Å². The number of hydrogen-bond donors (Lipinski definition) is 0. The van der Waals surface area contributed by atoms with Crippen LogP contribution in [-0.2, 0) is 36.7 Å². The van der Waals surface area contributed by atoms with Crippen LogP contribution < -0.4 is 0 Å². The number of alkyl halides is 3. The molecule has 0 amide bonds. The van der Waals surface area contributed by atoms with Crippen LogP contribution in [-0.4, -0.2) is 43.5 Å². The van der Waals surface area contributed by atoms with Crippen molar-refractivity contribution >= 4 is 21.9 Å². The Morgan fingerprint density at radius 1 is 0.824 bits per heavy atom. The summed E-state index contributed by atoms with van der Waals surface area (Å²) in [6.07, 6.45) is 0. The molecule has 34 heavy (non-hydrogen) atoms. The van der Waals surface area contributed by atoms with E-state index in [1.54, 1.807) is 0 Å². The molecular weight excluding hydrogens is 525 g/mol. The van der Waals surface area contributed by atoms with Crippen LogP contribution in [0.25, 0.3) is 0 Å². The molecule has 188 valence electrons. The Morgan fingerprint density at radius 2 is 1.15 bits per heavy atom. The van der Waals surface area contributed by atoms with Gasteiger partial charge in [0.2, 0.25) is 0 Å². The number of hydrogen-bond acceptors (Lipinski definition) is 7. The molecule has 2 heterocycles. The van der Waals surface area contributed by atoms with E-state index >= 15 is 0 Å². The van der Waals surface area contributed by atoms with Gasteiger partial charge in [-0.25, -0.2) is 18.4 Å². The van der Waals surface area contributed by atoms with Crippen molar-refractivity contribution in [2.75, 3.05) is 13.2 Å². The Kier molecular flexibility index (Phi) is 8.92. The fourth-order valence-corrected chi connectivity index (χ4v) is 3.21. The van der Waals surface area contributed by atoms with Gasteiger partial charge in [-0.1, -0.05) is 60.7 Å². The molecule has 2 aromatic carbocycles. The molecule has 0 saturated carbocycles. The van der Waals surface area contributed by atoms with E-state index in [1.807, 2.05) is 36.4 Å². The zero-order chi connectivity index (χ0) is 24.3. The first kappa shape index (κ1) is 27.8. The van der Waals surface area contributed by atoms with Crippen LogP contribution in [0.2, 0.25) is 0 Å². The van der Waals surface area contributed by atoms with Gasteiger partial charge in [0.25, 0.3) is 0 Å². The van der Waals surface area contributed by atoms with Crippen molar-refractivity contribution in [2.24, 2.45) is 15.4 Å². The predicted molar refractivity (Wildman–Crippen MR) is 115 cm³/mol. The summed E-state index contributed by atoms with van der Waals surface area (Å²) >= 11 is 0. The van der Waals surface area contributed by atoms with Crippen molar-refractivity contribution in [2.45, 2.75) is 31.4 Å². The van der Waals surface area contributed by atoms with Crippen molar-refractivity contribution < 1.29 is 52.7 Å². The van der Waals surface area contributed by atoms with E-state index in [0.29, 0.717) is 25.0 Å². The van der Waals surface area contributed by atoms with Crippen LogP contribution in [0, 0.1) is 5.41 Å². The molecule has 2 atom stereocenters. The molecule has 0 bridgehead atoms. The van der Waals surface area contributed by atoms with E-state index < -0.39 is 21.0 Å². The monoisotopic (exact) mass is 546 g/mol. The zero-order valence-corrected chi connectivity index (χ0v) is 19.9. The van der Waals surface area contributed by atoms with Gasteiger partial charge in [0.15, 0.2) is 21.9 Å². The minimum Gasteiger partial charge on any atom is -0.741 e. The van der Waals surface area contributed by atoms with Crippen LogP contribution in [0.1, 0.15) is 37.1 Å². The minimum absolute atomic E-state index is 0. The van der Waals surface area contributed by atoms with Crippen LogP contribution >= 0.6 is 0 Å². The van der Waals surface area contributed by atoms with E-state index in [-0.39, 0.29) is 29.2 Å². The summed E-state index contributed by atoms with van der Waals surface area (Å²) in [5.74, 6) is 1.41. The maximum atomic E-state index is 10.7. The number of ether oxygens (including phenoxy) is 2. The standard InChI is InChI=1S/C21H22N2O2.CHF3O3S.Cu/c1-21(2,19-22-17(13-24-19)15-9-5-3-6-10-15)20-23-18(14-25-20)16-11-7-4-8-12-16;2-1(3,4)8(5,6)7;/h3-12,17-18H,13-14H2,1-2H3;(H,5,6,7);/q;;+1/p-1/t17-,18-;;/m1../s1.